The maximum Gasteiger partial charge on any atom is 0.110 e. The Morgan fingerprint density at radius 1 is 1.40 bits per heavy atom. The first kappa shape index (κ1) is 7.97. The molecular weight excluding hydrogens is 118 g/mol. The molecule has 0 bridgehead atoms. The summed E-state index contributed by atoms with van der Waals surface area (Å²) in [5.74, 6) is 2.58. The second kappa shape index (κ2) is 3.32. The monoisotopic (exact) mass is 134 g/mol. The topological polar surface area (TPSA) is 0 Å². The minimum atomic E-state index is 0.817. The summed E-state index contributed by atoms with van der Waals surface area (Å²) in [6.45, 7) is 2.28. The van der Waals surface area contributed by atoms with Crippen LogP contribution in [0.25, 0.3) is 0 Å². The van der Waals surface area contributed by atoms with E-state index in [0.29, 0.717) is 0 Å². The molecular formula is C8H16B2. The van der Waals surface area contributed by atoms with Crippen molar-refractivity contribution in [2.75, 3.05) is 0 Å². The van der Waals surface area contributed by atoms with Crippen LogP contribution in [0.15, 0.2) is 12.2 Å². The SMILES string of the molecule is BC1C=CC(CC)C(B)C1. The lowest BCUT2D eigenvalue weighted by Gasteiger charge is -2.26. The van der Waals surface area contributed by atoms with Gasteiger partial charge in [0.2, 0.25) is 0 Å². The fourth-order valence-corrected chi connectivity index (χ4v) is 1.90. The molecule has 54 valence electrons. The van der Waals surface area contributed by atoms with Crippen LogP contribution in [0.1, 0.15) is 19.8 Å². The predicted octanol–water partition coefficient (Wildman–Crippen LogP) is 0.816. The molecule has 0 saturated heterocycles. The van der Waals surface area contributed by atoms with Gasteiger partial charge in [0.25, 0.3) is 0 Å². The van der Waals surface area contributed by atoms with Gasteiger partial charge in [-0.3, -0.25) is 0 Å². The normalized spacial score (nSPS) is 39.9. The fraction of sp³-hybridized carbons (Fsp3) is 0.750. The van der Waals surface area contributed by atoms with Crippen LogP contribution in [-0.4, -0.2) is 15.7 Å². The van der Waals surface area contributed by atoms with E-state index >= 15 is 0 Å². The van der Waals surface area contributed by atoms with Gasteiger partial charge in [-0.2, -0.15) is 0 Å². The fourth-order valence-electron chi connectivity index (χ4n) is 1.90. The summed E-state index contributed by atoms with van der Waals surface area (Å²) in [4.78, 5) is 0. The van der Waals surface area contributed by atoms with Crippen LogP contribution in [0, 0.1) is 5.92 Å². The Morgan fingerprint density at radius 3 is 2.60 bits per heavy atom. The molecule has 0 N–H and O–H groups in total. The molecule has 0 amide bonds. The van der Waals surface area contributed by atoms with E-state index < -0.39 is 0 Å². The molecule has 1 rings (SSSR count). The van der Waals surface area contributed by atoms with E-state index in [2.05, 4.69) is 34.8 Å². The molecule has 0 aromatic heterocycles. The lowest BCUT2D eigenvalue weighted by Crippen LogP contribution is -2.12. The average Bonchev–Trinajstić information content (AvgIpc) is 1.88. The van der Waals surface area contributed by atoms with Crippen LogP contribution in [0.5, 0.6) is 0 Å². The molecule has 1 aliphatic rings. The minimum Gasteiger partial charge on any atom is -0.0931 e. The Balaban J connectivity index is 2.53. The molecule has 3 atom stereocenters. The summed E-state index contributed by atoms with van der Waals surface area (Å²) >= 11 is 0. The highest BCUT2D eigenvalue weighted by Gasteiger charge is 2.18. The van der Waals surface area contributed by atoms with Gasteiger partial charge in [-0.25, -0.2) is 0 Å². The smallest absolute Gasteiger partial charge is 0.0931 e. The highest BCUT2D eigenvalue weighted by atomic mass is 14.2. The molecule has 0 aliphatic heterocycles. The number of allylic oxidation sites excluding steroid dienone is 2. The molecule has 3 unspecified atom stereocenters. The zero-order valence-corrected chi connectivity index (χ0v) is 7.30. The van der Waals surface area contributed by atoms with Crippen LogP contribution in [0.4, 0.5) is 0 Å². The summed E-state index contributed by atoms with van der Waals surface area (Å²) in [5.41, 5.74) is 0. The van der Waals surface area contributed by atoms with E-state index in [1.807, 2.05) is 0 Å². The first-order valence-corrected chi connectivity index (χ1v) is 4.42. The van der Waals surface area contributed by atoms with Crippen molar-refractivity contribution in [3.63, 3.8) is 0 Å². The zero-order valence-electron chi connectivity index (χ0n) is 7.30. The average molecular weight is 134 g/mol. The number of rotatable bonds is 1. The summed E-state index contributed by atoms with van der Waals surface area (Å²) in [5, 5.41) is 0. The highest BCUT2D eigenvalue weighted by Crippen LogP contribution is 2.33. The van der Waals surface area contributed by atoms with E-state index in [0.717, 1.165) is 17.6 Å². The van der Waals surface area contributed by atoms with Crippen LogP contribution in [0.3, 0.4) is 0 Å². The van der Waals surface area contributed by atoms with Crippen molar-refractivity contribution in [3.05, 3.63) is 12.2 Å². The first-order chi connectivity index (χ1) is 4.74. The van der Waals surface area contributed by atoms with Crippen LogP contribution < -0.4 is 0 Å². The van der Waals surface area contributed by atoms with Gasteiger partial charge in [-0.1, -0.05) is 43.6 Å². The summed E-state index contributed by atoms with van der Waals surface area (Å²) < 4.78 is 0. The quantitative estimate of drug-likeness (QED) is 0.367. The first-order valence-electron chi connectivity index (χ1n) is 4.42. The van der Waals surface area contributed by atoms with E-state index in [1.54, 1.807) is 0 Å². The van der Waals surface area contributed by atoms with Gasteiger partial charge in [0.1, 0.15) is 15.7 Å². The van der Waals surface area contributed by atoms with E-state index in [9.17, 15) is 0 Å². The molecule has 10 heavy (non-hydrogen) atoms. The second-order valence-electron chi connectivity index (χ2n) is 3.65. The third-order valence-electron chi connectivity index (χ3n) is 2.63. The molecule has 0 heterocycles. The largest absolute Gasteiger partial charge is 0.110 e. The molecule has 0 fully saturated rings. The number of hydrogen-bond acceptors (Lipinski definition) is 0. The third kappa shape index (κ3) is 1.68. The van der Waals surface area contributed by atoms with Gasteiger partial charge < -0.3 is 0 Å². The third-order valence-corrected chi connectivity index (χ3v) is 2.63. The Hall–Kier alpha value is -0.130. The lowest BCUT2D eigenvalue weighted by atomic mass is 9.63. The Bertz CT molecular complexity index is 131. The van der Waals surface area contributed by atoms with Crippen molar-refractivity contribution >= 4 is 15.7 Å². The molecule has 2 heteroatoms. The Morgan fingerprint density at radius 2 is 2.10 bits per heavy atom. The van der Waals surface area contributed by atoms with Crippen molar-refractivity contribution in [2.24, 2.45) is 5.92 Å². The van der Waals surface area contributed by atoms with Gasteiger partial charge in [0, 0.05) is 0 Å². The van der Waals surface area contributed by atoms with Crippen LogP contribution in [0.2, 0.25) is 11.6 Å². The van der Waals surface area contributed by atoms with Crippen molar-refractivity contribution < 1.29 is 0 Å². The van der Waals surface area contributed by atoms with Crippen molar-refractivity contribution in [1.82, 2.24) is 0 Å². The molecule has 0 spiro atoms. The van der Waals surface area contributed by atoms with Gasteiger partial charge in [0.15, 0.2) is 0 Å². The molecule has 0 radical (unpaired) electrons. The van der Waals surface area contributed by atoms with Gasteiger partial charge in [-0.15, -0.1) is 0 Å². The molecule has 0 saturated carbocycles. The van der Waals surface area contributed by atoms with Gasteiger partial charge in [-0.05, 0) is 5.92 Å². The second-order valence-corrected chi connectivity index (χ2v) is 3.65. The Kier molecular flexibility index (Phi) is 2.64. The maximum absolute atomic E-state index is 2.40. The Labute approximate surface area is 65.9 Å². The number of hydrogen-bond donors (Lipinski definition) is 0. The molecule has 1 aliphatic carbocycles. The molecule has 0 aromatic carbocycles. The highest BCUT2D eigenvalue weighted by molar-refractivity contribution is 6.16. The van der Waals surface area contributed by atoms with Gasteiger partial charge in [0.05, 0.1) is 0 Å². The maximum atomic E-state index is 2.40. The van der Waals surface area contributed by atoms with Crippen molar-refractivity contribution in [1.29, 1.82) is 0 Å². The van der Waals surface area contributed by atoms with Crippen molar-refractivity contribution in [2.45, 2.75) is 31.4 Å². The molecule has 0 aromatic rings. The summed E-state index contributed by atoms with van der Waals surface area (Å²) in [7, 11) is 4.67. The van der Waals surface area contributed by atoms with Crippen molar-refractivity contribution in [3.8, 4) is 0 Å². The van der Waals surface area contributed by atoms with Gasteiger partial charge >= 0.3 is 0 Å². The minimum absolute atomic E-state index is 0.817. The van der Waals surface area contributed by atoms with E-state index in [1.165, 1.54) is 12.8 Å². The standard InChI is InChI=1S/C8H16B2/c1-2-6-3-4-7(9)5-8(6)10/h3-4,6-8H,2,5,9-10H2,1H3. The van der Waals surface area contributed by atoms with Crippen LogP contribution in [-0.2, 0) is 0 Å². The van der Waals surface area contributed by atoms with E-state index in [4.69, 9.17) is 0 Å². The summed E-state index contributed by atoms with van der Waals surface area (Å²) in [6.07, 6.45) is 7.46. The van der Waals surface area contributed by atoms with E-state index in [-0.39, 0.29) is 0 Å². The summed E-state index contributed by atoms with van der Waals surface area (Å²) in [6, 6.07) is 0. The predicted molar refractivity (Wildman–Crippen MR) is 52.1 cm³/mol. The zero-order chi connectivity index (χ0) is 7.56. The van der Waals surface area contributed by atoms with Crippen LogP contribution >= 0.6 is 0 Å². The molecule has 0 nitrogen and oxygen atoms in total. The lowest BCUT2D eigenvalue weighted by molar-refractivity contribution is 0.526.